The Balaban J connectivity index is 1.71. The predicted molar refractivity (Wildman–Crippen MR) is 77.3 cm³/mol. The molecule has 2 heterocycles. The Hall–Kier alpha value is -2.40. The fraction of sp³-hybridized carbons (Fsp3) is 0.250. The number of aromatic carboxylic acids is 1. The van der Waals surface area contributed by atoms with Gasteiger partial charge in [-0.05, 0) is 18.2 Å². The molecule has 0 fully saturated rings. The summed E-state index contributed by atoms with van der Waals surface area (Å²) in [6, 6.07) is 13.2. The van der Waals surface area contributed by atoms with Crippen molar-refractivity contribution in [2.45, 2.75) is 19.0 Å². The van der Waals surface area contributed by atoms with Crippen molar-refractivity contribution in [3.8, 4) is 5.75 Å². The lowest BCUT2D eigenvalue weighted by atomic mass is 10.0. The van der Waals surface area contributed by atoms with E-state index in [4.69, 9.17) is 9.84 Å². The van der Waals surface area contributed by atoms with Gasteiger partial charge in [0.15, 0.2) is 0 Å². The van der Waals surface area contributed by atoms with E-state index in [1.54, 1.807) is 6.07 Å². The lowest BCUT2D eigenvalue weighted by Crippen LogP contribution is -2.27. The first-order valence-electron chi connectivity index (χ1n) is 6.88. The summed E-state index contributed by atoms with van der Waals surface area (Å²) in [5.41, 5.74) is 1.93. The molecule has 1 aromatic carbocycles. The van der Waals surface area contributed by atoms with Crippen LogP contribution in [0.1, 0.15) is 34.2 Å². The highest BCUT2D eigenvalue weighted by atomic mass is 16.5. The molecule has 0 amide bonds. The summed E-state index contributed by atoms with van der Waals surface area (Å²) in [6.45, 7) is 1.21. The molecule has 21 heavy (non-hydrogen) atoms. The topological polar surface area (TPSA) is 71.5 Å². The normalized spacial score (nSPS) is 16.9. The van der Waals surface area contributed by atoms with E-state index in [2.05, 4.69) is 10.3 Å². The smallest absolute Gasteiger partial charge is 0.354 e. The Morgan fingerprint density at radius 3 is 3.00 bits per heavy atom. The maximum atomic E-state index is 10.9. The summed E-state index contributed by atoms with van der Waals surface area (Å²) >= 11 is 0. The molecule has 2 N–H and O–H groups in total. The Morgan fingerprint density at radius 1 is 1.29 bits per heavy atom. The summed E-state index contributed by atoms with van der Waals surface area (Å²) in [4.78, 5) is 15.0. The van der Waals surface area contributed by atoms with Crippen LogP contribution in [0, 0.1) is 0 Å². The number of carboxylic acid groups (broad SMARTS) is 1. The maximum absolute atomic E-state index is 10.9. The second kappa shape index (κ2) is 5.93. The predicted octanol–water partition coefficient (Wildman–Crippen LogP) is 2.39. The van der Waals surface area contributed by atoms with Gasteiger partial charge in [-0.3, -0.25) is 0 Å². The second-order valence-corrected chi connectivity index (χ2v) is 4.93. The number of hydrogen-bond acceptors (Lipinski definition) is 4. The molecule has 0 bridgehead atoms. The second-order valence-electron chi connectivity index (χ2n) is 4.93. The number of nitrogens with one attached hydrogen (secondary N) is 1. The van der Waals surface area contributed by atoms with E-state index in [1.807, 2.05) is 30.3 Å². The van der Waals surface area contributed by atoms with Crippen LogP contribution in [0.2, 0.25) is 0 Å². The van der Waals surface area contributed by atoms with Gasteiger partial charge in [-0.2, -0.15) is 0 Å². The number of fused-ring (bicyclic) bond motifs is 1. The molecule has 108 valence electrons. The number of carbonyl (C=O) groups is 1. The molecule has 3 rings (SSSR count). The molecular formula is C16H16N2O3. The lowest BCUT2D eigenvalue weighted by molar-refractivity contribution is 0.0690. The van der Waals surface area contributed by atoms with E-state index in [0.717, 1.165) is 23.4 Å². The fourth-order valence-electron chi connectivity index (χ4n) is 2.48. The molecule has 1 aliphatic heterocycles. The van der Waals surface area contributed by atoms with E-state index in [9.17, 15) is 4.79 Å². The van der Waals surface area contributed by atoms with Crippen molar-refractivity contribution < 1.29 is 14.6 Å². The van der Waals surface area contributed by atoms with Crippen molar-refractivity contribution in [2.24, 2.45) is 0 Å². The van der Waals surface area contributed by atoms with Crippen LogP contribution in [-0.2, 0) is 6.54 Å². The van der Waals surface area contributed by atoms with Crippen molar-refractivity contribution >= 4 is 5.97 Å². The van der Waals surface area contributed by atoms with Crippen LogP contribution in [-0.4, -0.2) is 22.7 Å². The third-order valence-corrected chi connectivity index (χ3v) is 3.51. The van der Waals surface area contributed by atoms with Gasteiger partial charge in [0, 0.05) is 24.6 Å². The van der Waals surface area contributed by atoms with Crippen molar-refractivity contribution in [1.82, 2.24) is 10.3 Å². The SMILES string of the molecule is O=C(O)c1cccc(CNC2CCOc3ccccc32)n1. The van der Waals surface area contributed by atoms with E-state index < -0.39 is 5.97 Å². The third kappa shape index (κ3) is 3.03. The Labute approximate surface area is 122 Å². The number of ether oxygens (including phenoxy) is 1. The van der Waals surface area contributed by atoms with Crippen LogP contribution in [0.3, 0.4) is 0 Å². The highest BCUT2D eigenvalue weighted by Crippen LogP contribution is 2.31. The fourth-order valence-corrected chi connectivity index (χ4v) is 2.48. The minimum Gasteiger partial charge on any atom is -0.493 e. The zero-order valence-corrected chi connectivity index (χ0v) is 11.5. The van der Waals surface area contributed by atoms with Crippen LogP contribution in [0.4, 0.5) is 0 Å². The molecule has 0 aliphatic carbocycles. The quantitative estimate of drug-likeness (QED) is 0.902. The zero-order chi connectivity index (χ0) is 14.7. The van der Waals surface area contributed by atoms with Crippen LogP contribution >= 0.6 is 0 Å². The minimum absolute atomic E-state index is 0.0710. The lowest BCUT2D eigenvalue weighted by Gasteiger charge is -2.26. The molecule has 1 unspecified atom stereocenters. The van der Waals surface area contributed by atoms with Gasteiger partial charge in [0.1, 0.15) is 11.4 Å². The van der Waals surface area contributed by atoms with Crippen molar-refractivity contribution in [3.05, 3.63) is 59.4 Å². The molecule has 2 aromatic rings. The highest BCUT2D eigenvalue weighted by Gasteiger charge is 2.20. The standard InChI is InChI=1S/C16H16N2O3/c19-16(20)14-6-3-4-11(18-14)10-17-13-8-9-21-15-7-2-1-5-12(13)15/h1-7,13,17H,8-10H2,(H,19,20). The average Bonchev–Trinajstić information content (AvgIpc) is 2.53. The first kappa shape index (κ1) is 13.6. The van der Waals surface area contributed by atoms with Crippen LogP contribution in [0.5, 0.6) is 5.75 Å². The number of benzene rings is 1. The van der Waals surface area contributed by atoms with Gasteiger partial charge < -0.3 is 15.2 Å². The van der Waals surface area contributed by atoms with E-state index in [-0.39, 0.29) is 11.7 Å². The first-order chi connectivity index (χ1) is 10.2. The van der Waals surface area contributed by atoms with Crippen LogP contribution < -0.4 is 10.1 Å². The molecule has 5 heteroatoms. The average molecular weight is 284 g/mol. The first-order valence-corrected chi connectivity index (χ1v) is 6.88. The van der Waals surface area contributed by atoms with E-state index in [0.29, 0.717) is 13.2 Å². The summed E-state index contributed by atoms with van der Waals surface area (Å²) in [7, 11) is 0. The summed E-state index contributed by atoms with van der Waals surface area (Å²) in [5.74, 6) is -0.0956. The van der Waals surface area contributed by atoms with Crippen molar-refractivity contribution in [3.63, 3.8) is 0 Å². The summed E-state index contributed by atoms with van der Waals surface area (Å²) in [6.07, 6.45) is 0.885. The van der Waals surface area contributed by atoms with Crippen LogP contribution in [0.25, 0.3) is 0 Å². The monoisotopic (exact) mass is 284 g/mol. The number of nitrogens with zero attached hydrogens (tertiary/aromatic N) is 1. The number of para-hydroxylation sites is 1. The maximum Gasteiger partial charge on any atom is 0.354 e. The summed E-state index contributed by atoms with van der Waals surface area (Å²) in [5, 5.41) is 12.4. The Bertz CT molecular complexity index is 657. The molecule has 0 spiro atoms. The Kier molecular flexibility index (Phi) is 3.83. The zero-order valence-electron chi connectivity index (χ0n) is 11.5. The largest absolute Gasteiger partial charge is 0.493 e. The van der Waals surface area contributed by atoms with Gasteiger partial charge in [-0.25, -0.2) is 9.78 Å². The number of hydrogen-bond donors (Lipinski definition) is 2. The molecular weight excluding hydrogens is 268 g/mol. The number of rotatable bonds is 4. The molecule has 1 atom stereocenters. The van der Waals surface area contributed by atoms with Crippen LogP contribution in [0.15, 0.2) is 42.5 Å². The van der Waals surface area contributed by atoms with E-state index in [1.165, 1.54) is 6.07 Å². The molecule has 0 radical (unpaired) electrons. The van der Waals surface area contributed by atoms with Gasteiger partial charge in [0.2, 0.25) is 0 Å². The van der Waals surface area contributed by atoms with E-state index >= 15 is 0 Å². The van der Waals surface area contributed by atoms with Gasteiger partial charge in [0.05, 0.1) is 12.3 Å². The Morgan fingerprint density at radius 2 is 2.14 bits per heavy atom. The third-order valence-electron chi connectivity index (χ3n) is 3.51. The molecule has 1 aromatic heterocycles. The highest BCUT2D eigenvalue weighted by molar-refractivity contribution is 5.85. The van der Waals surface area contributed by atoms with Crippen molar-refractivity contribution in [1.29, 1.82) is 0 Å². The van der Waals surface area contributed by atoms with Gasteiger partial charge in [-0.15, -0.1) is 0 Å². The molecule has 5 nitrogen and oxygen atoms in total. The van der Waals surface area contributed by atoms with Gasteiger partial charge in [0.25, 0.3) is 0 Å². The van der Waals surface area contributed by atoms with Gasteiger partial charge in [-0.1, -0.05) is 24.3 Å². The number of aromatic nitrogens is 1. The van der Waals surface area contributed by atoms with Gasteiger partial charge >= 0.3 is 5.97 Å². The molecule has 0 saturated heterocycles. The van der Waals surface area contributed by atoms with Crippen molar-refractivity contribution in [2.75, 3.05) is 6.61 Å². The minimum atomic E-state index is -1.01. The summed E-state index contributed by atoms with van der Waals surface area (Å²) < 4.78 is 5.62. The molecule has 0 saturated carbocycles. The molecule has 1 aliphatic rings. The number of carboxylic acids is 1. The number of pyridine rings is 1.